The molecule has 0 aliphatic carbocycles. The lowest BCUT2D eigenvalue weighted by Gasteiger charge is -2.13. The number of amides is 1. The highest BCUT2D eigenvalue weighted by Gasteiger charge is 2.09. The molecule has 1 amide bonds. The first kappa shape index (κ1) is 23.7. The highest BCUT2D eigenvalue weighted by atomic mass is 35.5. The molecule has 0 aromatic heterocycles. The number of benzene rings is 3. The number of nitro benzene ring substituents is 1. The second-order valence-electron chi connectivity index (χ2n) is 6.91. The van der Waals surface area contributed by atoms with Crippen molar-refractivity contribution in [2.75, 3.05) is 6.61 Å². The number of hydrazone groups is 1. The van der Waals surface area contributed by atoms with Gasteiger partial charge in [-0.15, -0.1) is 0 Å². The molecular weight excluding hydrogens is 446 g/mol. The van der Waals surface area contributed by atoms with Gasteiger partial charge in [-0.25, -0.2) is 5.43 Å². The summed E-state index contributed by atoms with van der Waals surface area (Å²) in [7, 11) is 0. The summed E-state index contributed by atoms with van der Waals surface area (Å²) in [6.07, 6.45) is 1.54. The van der Waals surface area contributed by atoms with Crippen molar-refractivity contribution in [1.82, 2.24) is 5.43 Å². The third-order valence-electron chi connectivity index (χ3n) is 4.52. The number of carbonyl (C=O) groups excluding carboxylic acids is 1. The van der Waals surface area contributed by atoms with E-state index in [9.17, 15) is 14.9 Å². The van der Waals surface area contributed by atoms with Crippen LogP contribution < -0.4 is 14.9 Å². The van der Waals surface area contributed by atoms with Crippen LogP contribution >= 0.6 is 11.6 Å². The van der Waals surface area contributed by atoms with Crippen molar-refractivity contribution in [2.45, 2.75) is 20.0 Å². The molecule has 0 spiro atoms. The summed E-state index contributed by atoms with van der Waals surface area (Å²) in [6.45, 7) is 2.62. The first-order valence-corrected chi connectivity index (χ1v) is 10.5. The summed E-state index contributed by atoms with van der Waals surface area (Å²) in [4.78, 5) is 22.3. The van der Waals surface area contributed by atoms with E-state index in [1.807, 2.05) is 25.1 Å². The highest BCUT2D eigenvalue weighted by molar-refractivity contribution is 6.31. The molecule has 9 heteroatoms. The number of nitrogens with zero attached hydrogens (tertiary/aromatic N) is 2. The van der Waals surface area contributed by atoms with E-state index in [0.717, 1.165) is 5.56 Å². The summed E-state index contributed by atoms with van der Waals surface area (Å²) in [5.74, 6) is 0.770. The second kappa shape index (κ2) is 11.6. The van der Waals surface area contributed by atoms with Crippen molar-refractivity contribution in [3.05, 3.63) is 98.6 Å². The topological polar surface area (TPSA) is 103 Å². The van der Waals surface area contributed by atoms with Gasteiger partial charge in [-0.3, -0.25) is 14.9 Å². The summed E-state index contributed by atoms with van der Waals surface area (Å²) in [5.41, 5.74) is 4.64. The fourth-order valence-electron chi connectivity index (χ4n) is 2.90. The van der Waals surface area contributed by atoms with E-state index in [1.54, 1.807) is 24.3 Å². The second-order valence-corrected chi connectivity index (χ2v) is 7.32. The Morgan fingerprint density at radius 3 is 2.55 bits per heavy atom. The molecule has 3 aromatic rings. The Bertz CT molecular complexity index is 1150. The first-order chi connectivity index (χ1) is 16.0. The van der Waals surface area contributed by atoms with Crippen molar-refractivity contribution < 1.29 is 19.2 Å². The van der Waals surface area contributed by atoms with E-state index in [0.29, 0.717) is 40.9 Å². The molecule has 3 rings (SSSR count). The highest BCUT2D eigenvalue weighted by Crippen LogP contribution is 2.29. The zero-order valence-corrected chi connectivity index (χ0v) is 18.6. The van der Waals surface area contributed by atoms with Gasteiger partial charge in [0, 0.05) is 22.7 Å². The molecule has 0 bridgehead atoms. The van der Waals surface area contributed by atoms with Crippen LogP contribution in [0.1, 0.15) is 23.6 Å². The van der Waals surface area contributed by atoms with Crippen molar-refractivity contribution in [2.24, 2.45) is 5.10 Å². The van der Waals surface area contributed by atoms with E-state index in [1.165, 1.54) is 30.5 Å². The Balaban J connectivity index is 1.59. The van der Waals surface area contributed by atoms with Gasteiger partial charge in [0.2, 0.25) is 5.91 Å². The molecule has 170 valence electrons. The number of non-ortho nitro benzene ring substituents is 1. The van der Waals surface area contributed by atoms with Crippen LogP contribution in [0.4, 0.5) is 5.69 Å². The average molecular weight is 468 g/mol. The molecule has 0 unspecified atom stereocenters. The lowest BCUT2D eigenvalue weighted by molar-refractivity contribution is -0.384. The fourth-order valence-corrected chi connectivity index (χ4v) is 3.09. The van der Waals surface area contributed by atoms with Crippen LogP contribution in [0.2, 0.25) is 5.02 Å². The summed E-state index contributed by atoms with van der Waals surface area (Å²) in [6, 6.07) is 18.6. The molecule has 0 fully saturated rings. The van der Waals surface area contributed by atoms with E-state index >= 15 is 0 Å². The third-order valence-corrected chi connectivity index (χ3v) is 4.89. The minimum atomic E-state index is -0.488. The number of hydrogen-bond donors (Lipinski definition) is 1. The lowest BCUT2D eigenvalue weighted by atomic mass is 10.1. The van der Waals surface area contributed by atoms with Crippen molar-refractivity contribution in [3.63, 3.8) is 0 Å². The van der Waals surface area contributed by atoms with Gasteiger partial charge < -0.3 is 9.47 Å². The van der Waals surface area contributed by atoms with E-state index in [2.05, 4.69) is 10.5 Å². The number of nitrogens with one attached hydrogen (secondary N) is 1. The molecule has 0 radical (unpaired) electrons. The van der Waals surface area contributed by atoms with Crippen LogP contribution in [0.3, 0.4) is 0 Å². The number of rotatable bonds is 10. The Morgan fingerprint density at radius 2 is 1.85 bits per heavy atom. The largest absolute Gasteiger partial charge is 0.490 e. The minimum absolute atomic E-state index is 0.0263. The minimum Gasteiger partial charge on any atom is -0.490 e. The Morgan fingerprint density at radius 1 is 1.09 bits per heavy atom. The van der Waals surface area contributed by atoms with Crippen LogP contribution in [-0.4, -0.2) is 23.7 Å². The Kier molecular flexibility index (Phi) is 8.37. The predicted octanol–water partition coefficient (Wildman–Crippen LogP) is 4.92. The van der Waals surface area contributed by atoms with Crippen LogP contribution in [-0.2, 0) is 17.8 Å². The normalized spacial score (nSPS) is 10.7. The molecule has 0 heterocycles. The van der Waals surface area contributed by atoms with Crippen LogP contribution in [0.15, 0.2) is 71.8 Å². The molecule has 8 nitrogen and oxygen atoms in total. The smallest absolute Gasteiger partial charge is 0.269 e. The standard InChI is InChI=1S/C24H22ClN3O5/c1-2-32-23-13-18(9-12-22(23)33-16-19-5-3-4-6-21(19)25)15-26-27-24(29)14-17-7-10-20(11-8-17)28(30)31/h3-13,15H,2,14,16H2,1H3,(H,27,29)/b26-15-. The molecular formula is C24H22ClN3O5. The number of carbonyl (C=O) groups is 1. The molecule has 3 aromatic carbocycles. The molecule has 0 atom stereocenters. The van der Waals surface area contributed by atoms with E-state index in [-0.39, 0.29) is 18.0 Å². The van der Waals surface area contributed by atoms with Gasteiger partial charge in [-0.1, -0.05) is 41.9 Å². The molecule has 0 saturated heterocycles. The zero-order valence-electron chi connectivity index (χ0n) is 17.9. The van der Waals surface area contributed by atoms with Gasteiger partial charge in [0.05, 0.1) is 24.2 Å². The van der Waals surface area contributed by atoms with Gasteiger partial charge >= 0.3 is 0 Å². The monoisotopic (exact) mass is 467 g/mol. The molecule has 0 aliphatic heterocycles. The van der Waals surface area contributed by atoms with Gasteiger partial charge in [0.1, 0.15) is 6.61 Å². The van der Waals surface area contributed by atoms with E-state index < -0.39 is 4.92 Å². The van der Waals surface area contributed by atoms with Gasteiger partial charge in [-0.05, 0) is 42.3 Å². The molecule has 1 N–H and O–H groups in total. The zero-order chi connectivity index (χ0) is 23.6. The third kappa shape index (κ3) is 7.05. The maximum absolute atomic E-state index is 12.1. The summed E-state index contributed by atoms with van der Waals surface area (Å²) in [5, 5.41) is 15.3. The van der Waals surface area contributed by atoms with Gasteiger partial charge in [0.15, 0.2) is 11.5 Å². The van der Waals surface area contributed by atoms with Gasteiger partial charge in [0.25, 0.3) is 5.69 Å². The maximum atomic E-state index is 12.1. The SMILES string of the molecule is CCOc1cc(/C=N\NC(=O)Cc2ccc([N+](=O)[O-])cc2)ccc1OCc1ccccc1Cl. The van der Waals surface area contributed by atoms with E-state index in [4.69, 9.17) is 21.1 Å². The lowest BCUT2D eigenvalue weighted by Crippen LogP contribution is -2.19. The van der Waals surface area contributed by atoms with Crippen LogP contribution in [0, 0.1) is 10.1 Å². The Labute approximate surface area is 195 Å². The quantitative estimate of drug-likeness (QED) is 0.259. The average Bonchev–Trinajstić information content (AvgIpc) is 2.80. The summed E-state index contributed by atoms with van der Waals surface area (Å²) < 4.78 is 11.6. The number of halogens is 1. The number of ether oxygens (including phenoxy) is 2. The van der Waals surface area contributed by atoms with Crippen molar-refractivity contribution in [1.29, 1.82) is 0 Å². The number of nitro groups is 1. The molecule has 0 aliphatic rings. The van der Waals surface area contributed by atoms with Crippen molar-refractivity contribution >= 4 is 29.4 Å². The van der Waals surface area contributed by atoms with Gasteiger partial charge in [-0.2, -0.15) is 5.10 Å². The fraction of sp³-hybridized carbons (Fsp3) is 0.167. The Hall–Kier alpha value is -3.91. The molecule has 33 heavy (non-hydrogen) atoms. The number of hydrogen-bond acceptors (Lipinski definition) is 6. The van der Waals surface area contributed by atoms with Crippen molar-refractivity contribution in [3.8, 4) is 11.5 Å². The predicted molar refractivity (Wildman–Crippen MR) is 126 cm³/mol. The van der Waals surface area contributed by atoms with Crippen LogP contribution in [0.25, 0.3) is 0 Å². The first-order valence-electron chi connectivity index (χ1n) is 10.1. The summed E-state index contributed by atoms with van der Waals surface area (Å²) >= 11 is 6.18. The van der Waals surface area contributed by atoms with Crippen LogP contribution in [0.5, 0.6) is 11.5 Å². The molecule has 0 saturated carbocycles. The maximum Gasteiger partial charge on any atom is 0.269 e.